The monoisotopic (exact) mass is 300 g/mol. The van der Waals surface area contributed by atoms with Gasteiger partial charge in [0.2, 0.25) is 0 Å². The van der Waals surface area contributed by atoms with Gasteiger partial charge in [0.1, 0.15) is 0 Å². The standard InChI is InChI=1S/C13H21BrN2O/c1-9(15)10-5-6-12(11(14)7-10)16(4)8-13(2,3)17/h5-7,9,17H,8,15H2,1-4H3/t9-/m1/s1. The van der Waals surface area contributed by atoms with Gasteiger partial charge < -0.3 is 15.7 Å². The minimum Gasteiger partial charge on any atom is -0.389 e. The largest absolute Gasteiger partial charge is 0.389 e. The van der Waals surface area contributed by atoms with Crippen LogP contribution in [-0.2, 0) is 0 Å². The highest BCUT2D eigenvalue weighted by atomic mass is 79.9. The average Bonchev–Trinajstić information content (AvgIpc) is 2.14. The Hall–Kier alpha value is -0.580. The van der Waals surface area contributed by atoms with Crippen molar-refractivity contribution in [2.45, 2.75) is 32.4 Å². The quantitative estimate of drug-likeness (QED) is 0.899. The maximum Gasteiger partial charge on any atom is 0.0765 e. The summed E-state index contributed by atoms with van der Waals surface area (Å²) < 4.78 is 0.999. The Labute approximate surface area is 112 Å². The van der Waals surface area contributed by atoms with E-state index in [-0.39, 0.29) is 6.04 Å². The first-order chi connectivity index (χ1) is 7.70. The van der Waals surface area contributed by atoms with Crippen molar-refractivity contribution in [1.29, 1.82) is 0 Å². The maximum atomic E-state index is 9.81. The number of rotatable bonds is 4. The van der Waals surface area contributed by atoms with Gasteiger partial charge in [0.15, 0.2) is 0 Å². The molecule has 0 aliphatic heterocycles. The number of benzene rings is 1. The van der Waals surface area contributed by atoms with Crippen LogP contribution in [-0.4, -0.2) is 24.3 Å². The summed E-state index contributed by atoms with van der Waals surface area (Å²) in [7, 11) is 1.96. The Bertz CT molecular complexity index is 385. The minimum absolute atomic E-state index is 0.0277. The van der Waals surface area contributed by atoms with E-state index in [1.807, 2.05) is 37.1 Å². The molecule has 3 nitrogen and oxygen atoms in total. The highest BCUT2D eigenvalue weighted by Crippen LogP contribution is 2.29. The molecule has 0 bridgehead atoms. The lowest BCUT2D eigenvalue weighted by Gasteiger charge is -2.28. The van der Waals surface area contributed by atoms with Gasteiger partial charge in [-0.2, -0.15) is 0 Å². The SMILES string of the molecule is C[C@@H](N)c1ccc(N(C)CC(C)(C)O)c(Br)c1. The first-order valence-corrected chi connectivity index (χ1v) is 6.48. The molecule has 17 heavy (non-hydrogen) atoms. The molecule has 0 aromatic heterocycles. The third kappa shape index (κ3) is 4.30. The minimum atomic E-state index is -0.714. The molecular formula is C13H21BrN2O. The van der Waals surface area contributed by atoms with Crippen molar-refractivity contribution < 1.29 is 5.11 Å². The molecule has 0 saturated carbocycles. The van der Waals surface area contributed by atoms with Gasteiger partial charge in [-0.05, 0) is 54.4 Å². The van der Waals surface area contributed by atoms with Crippen LogP contribution in [0.5, 0.6) is 0 Å². The van der Waals surface area contributed by atoms with Crippen LogP contribution in [0.25, 0.3) is 0 Å². The van der Waals surface area contributed by atoms with Gasteiger partial charge in [-0.25, -0.2) is 0 Å². The molecule has 0 unspecified atom stereocenters. The van der Waals surface area contributed by atoms with Crippen molar-refractivity contribution in [2.75, 3.05) is 18.5 Å². The molecular weight excluding hydrogens is 280 g/mol. The van der Waals surface area contributed by atoms with Crippen LogP contribution in [0.3, 0.4) is 0 Å². The maximum absolute atomic E-state index is 9.81. The first-order valence-electron chi connectivity index (χ1n) is 5.69. The summed E-state index contributed by atoms with van der Waals surface area (Å²) in [4.78, 5) is 2.02. The second-order valence-corrected chi connectivity index (χ2v) is 6.02. The van der Waals surface area contributed by atoms with Crippen LogP contribution in [0.2, 0.25) is 0 Å². The van der Waals surface area contributed by atoms with Gasteiger partial charge in [0, 0.05) is 24.1 Å². The summed E-state index contributed by atoms with van der Waals surface area (Å²) in [6.45, 7) is 6.13. The molecule has 0 aliphatic rings. The smallest absolute Gasteiger partial charge is 0.0765 e. The predicted octanol–water partition coefficient (Wildman–Crippen LogP) is 2.68. The first kappa shape index (κ1) is 14.5. The second-order valence-electron chi connectivity index (χ2n) is 5.17. The number of halogens is 1. The topological polar surface area (TPSA) is 49.5 Å². The zero-order valence-corrected chi connectivity index (χ0v) is 12.5. The summed E-state index contributed by atoms with van der Waals surface area (Å²) in [6, 6.07) is 6.10. The molecule has 0 saturated heterocycles. The summed E-state index contributed by atoms with van der Waals surface area (Å²) >= 11 is 3.54. The molecule has 96 valence electrons. The molecule has 1 rings (SSSR count). The Morgan fingerprint density at radius 1 is 1.47 bits per heavy atom. The van der Waals surface area contributed by atoms with Crippen LogP contribution >= 0.6 is 15.9 Å². The van der Waals surface area contributed by atoms with Gasteiger partial charge in [0.05, 0.1) is 11.3 Å². The molecule has 1 aromatic rings. The molecule has 0 fully saturated rings. The van der Waals surface area contributed by atoms with Crippen LogP contribution in [0.4, 0.5) is 5.69 Å². The van der Waals surface area contributed by atoms with E-state index in [4.69, 9.17) is 5.73 Å². The number of aliphatic hydroxyl groups is 1. The van der Waals surface area contributed by atoms with E-state index in [2.05, 4.69) is 15.9 Å². The summed E-state index contributed by atoms with van der Waals surface area (Å²) in [6.07, 6.45) is 0. The van der Waals surface area contributed by atoms with E-state index >= 15 is 0 Å². The molecule has 0 amide bonds. The van der Waals surface area contributed by atoms with Crippen molar-refractivity contribution >= 4 is 21.6 Å². The zero-order valence-electron chi connectivity index (χ0n) is 10.9. The number of hydrogen-bond donors (Lipinski definition) is 2. The fourth-order valence-electron chi connectivity index (χ4n) is 1.78. The van der Waals surface area contributed by atoms with E-state index in [1.54, 1.807) is 13.8 Å². The summed E-state index contributed by atoms with van der Waals surface area (Å²) in [5, 5.41) is 9.81. The van der Waals surface area contributed by atoms with Crippen LogP contribution in [0.15, 0.2) is 22.7 Å². The molecule has 0 heterocycles. The Morgan fingerprint density at radius 2 is 2.06 bits per heavy atom. The number of likely N-dealkylation sites (N-methyl/N-ethyl adjacent to an activating group) is 1. The van der Waals surface area contributed by atoms with Crippen LogP contribution in [0.1, 0.15) is 32.4 Å². The van der Waals surface area contributed by atoms with Gasteiger partial charge >= 0.3 is 0 Å². The van der Waals surface area contributed by atoms with Crippen LogP contribution in [0, 0.1) is 0 Å². The molecule has 0 radical (unpaired) electrons. The lowest BCUT2D eigenvalue weighted by Crippen LogP contribution is -2.36. The number of hydrogen-bond acceptors (Lipinski definition) is 3. The number of nitrogens with two attached hydrogens (primary N) is 1. The fraction of sp³-hybridized carbons (Fsp3) is 0.538. The zero-order chi connectivity index (χ0) is 13.2. The van der Waals surface area contributed by atoms with Crippen molar-refractivity contribution in [1.82, 2.24) is 0 Å². The highest BCUT2D eigenvalue weighted by molar-refractivity contribution is 9.10. The molecule has 0 aliphatic carbocycles. The van der Waals surface area contributed by atoms with Gasteiger partial charge in [-0.3, -0.25) is 0 Å². The van der Waals surface area contributed by atoms with Gasteiger partial charge in [0.25, 0.3) is 0 Å². The lowest BCUT2D eigenvalue weighted by molar-refractivity contribution is 0.0886. The van der Waals surface area contributed by atoms with Crippen molar-refractivity contribution in [3.63, 3.8) is 0 Å². The Morgan fingerprint density at radius 3 is 2.47 bits per heavy atom. The van der Waals surface area contributed by atoms with Crippen molar-refractivity contribution in [3.05, 3.63) is 28.2 Å². The molecule has 1 aromatic carbocycles. The third-order valence-corrected chi connectivity index (χ3v) is 3.17. The van der Waals surface area contributed by atoms with Gasteiger partial charge in [-0.1, -0.05) is 6.07 Å². The predicted molar refractivity (Wildman–Crippen MR) is 76.3 cm³/mol. The van der Waals surface area contributed by atoms with E-state index in [9.17, 15) is 5.11 Å². The molecule has 3 N–H and O–H groups in total. The second kappa shape index (κ2) is 5.38. The summed E-state index contributed by atoms with van der Waals surface area (Å²) in [5.41, 5.74) is 7.27. The lowest BCUT2D eigenvalue weighted by atomic mass is 10.1. The van der Waals surface area contributed by atoms with Gasteiger partial charge in [-0.15, -0.1) is 0 Å². The molecule has 0 spiro atoms. The average molecular weight is 301 g/mol. The number of nitrogens with zero attached hydrogens (tertiary/aromatic N) is 1. The fourth-order valence-corrected chi connectivity index (χ4v) is 2.48. The Kier molecular flexibility index (Phi) is 4.58. The molecule has 4 heteroatoms. The van der Waals surface area contributed by atoms with E-state index in [0.29, 0.717) is 6.54 Å². The normalized spacial score (nSPS) is 13.6. The van der Waals surface area contributed by atoms with Crippen molar-refractivity contribution in [2.24, 2.45) is 5.73 Å². The molecule has 1 atom stereocenters. The Balaban J connectivity index is 2.92. The van der Waals surface area contributed by atoms with E-state index < -0.39 is 5.60 Å². The highest BCUT2D eigenvalue weighted by Gasteiger charge is 2.17. The third-order valence-electron chi connectivity index (χ3n) is 2.53. The van der Waals surface area contributed by atoms with E-state index in [0.717, 1.165) is 15.7 Å². The number of anilines is 1. The van der Waals surface area contributed by atoms with Crippen molar-refractivity contribution in [3.8, 4) is 0 Å². The van der Waals surface area contributed by atoms with Crippen LogP contribution < -0.4 is 10.6 Å². The van der Waals surface area contributed by atoms with E-state index in [1.165, 1.54) is 0 Å². The summed E-state index contributed by atoms with van der Waals surface area (Å²) in [5.74, 6) is 0.